The summed E-state index contributed by atoms with van der Waals surface area (Å²) in [7, 11) is 0. The van der Waals surface area contributed by atoms with Crippen LogP contribution in [-0.2, 0) is 9.53 Å². The molecule has 2 aliphatic rings. The van der Waals surface area contributed by atoms with E-state index in [-0.39, 0.29) is 29.2 Å². The molecule has 2 fully saturated rings. The number of hydrogen-bond acceptors (Lipinski definition) is 3. The molecule has 1 amide bonds. The van der Waals surface area contributed by atoms with E-state index < -0.39 is 6.29 Å². The summed E-state index contributed by atoms with van der Waals surface area (Å²) in [5.74, 6) is 0.256. The lowest BCUT2D eigenvalue weighted by atomic mass is 9.65. The highest BCUT2D eigenvalue weighted by molar-refractivity contribution is 5.80. The van der Waals surface area contributed by atoms with Gasteiger partial charge in [-0.05, 0) is 43.9 Å². The van der Waals surface area contributed by atoms with Crippen LogP contribution >= 0.6 is 0 Å². The fourth-order valence-electron chi connectivity index (χ4n) is 3.46. The molecule has 2 N–H and O–H groups in total. The fourth-order valence-corrected chi connectivity index (χ4v) is 3.46. The van der Waals surface area contributed by atoms with Crippen LogP contribution in [0.15, 0.2) is 12.2 Å². The molecule has 1 aliphatic carbocycles. The molecule has 0 radical (unpaired) electrons. The topological polar surface area (TPSA) is 58.6 Å². The third kappa shape index (κ3) is 3.41. The number of nitrogens with one attached hydrogen (secondary N) is 1. The van der Waals surface area contributed by atoms with Gasteiger partial charge in [0.05, 0.1) is 12.6 Å². The Hall–Kier alpha value is -0.870. The van der Waals surface area contributed by atoms with E-state index in [1.165, 1.54) is 0 Å². The van der Waals surface area contributed by atoms with E-state index in [4.69, 9.17) is 4.74 Å². The molecular weight excluding hydrogens is 254 g/mol. The van der Waals surface area contributed by atoms with Gasteiger partial charge in [-0.15, -0.1) is 0 Å². The van der Waals surface area contributed by atoms with Crippen LogP contribution in [0.5, 0.6) is 0 Å². The van der Waals surface area contributed by atoms with Crippen LogP contribution in [0.3, 0.4) is 0 Å². The molecule has 1 saturated carbocycles. The maximum Gasteiger partial charge on any atom is 0.224 e. The second kappa shape index (κ2) is 5.86. The van der Waals surface area contributed by atoms with Gasteiger partial charge in [-0.1, -0.05) is 26.0 Å². The van der Waals surface area contributed by atoms with E-state index in [1.807, 2.05) is 6.92 Å². The van der Waals surface area contributed by atoms with Gasteiger partial charge in [0.1, 0.15) is 0 Å². The van der Waals surface area contributed by atoms with E-state index >= 15 is 0 Å². The number of hydrogen-bond donors (Lipinski definition) is 2. The SMILES string of the molecule is C=C(C)C1CCC(C)(C)CC1C(=O)NC1CCOC1O. The Morgan fingerprint density at radius 2 is 2.05 bits per heavy atom. The Kier molecular flexibility index (Phi) is 4.55. The lowest BCUT2D eigenvalue weighted by Crippen LogP contribution is -2.47. The molecule has 0 spiro atoms. The fraction of sp³-hybridized carbons (Fsp3) is 0.812. The molecule has 1 aliphatic heterocycles. The predicted octanol–water partition coefficient (Wildman–Crippen LogP) is 2.23. The smallest absolute Gasteiger partial charge is 0.224 e. The number of ether oxygens (including phenoxy) is 1. The largest absolute Gasteiger partial charge is 0.366 e. The quantitative estimate of drug-likeness (QED) is 0.780. The summed E-state index contributed by atoms with van der Waals surface area (Å²) in [6, 6.07) is -0.265. The van der Waals surface area contributed by atoms with Crippen LogP contribution < -0.4 is 5.32 Å². The molecule has 20 heavy (non-hydrogen) atoms. The lowest BCUT2D eigenvalue weighted by Gasteiger charge is -2.40. The van der Waals surface area contributed by atoms with Crippen LogP contribution in [-0.4, -0.2) is 30.0 Å². The summed E-state index contributed by atoms with van der Waals surface area (Å²) < 4.78 is 5.09. The second-order valence-corrected chi connectivity index (χ2v) is 7.13. The van der Waals surface area contributed by atoms with Crippen molar-refractivity contribution in [1.82, 2.24) is 5.32 Å². The van der Waals surface area contributed by atoms with Crippen molar-refractivity contribution in [3.8, 4) is 0 Å². The molecule has 1 heterocycles. The minimum absolute atomic E-state index is 0.0379. The van der Waals surface area contributed by atoms with Crippen LogP contribution in [0, 0.1) is 17.3 Å². The van der Waals surface area contributed by atoms with Gasteiger partial charge in [-0.3, -0.25) is 4.79 Å². The zero-order chi connectivity index (χ0) is 14.9. The van der Waals surface area contributed by atoms with Crippen LogP contribution in [0.2, 0.25) is 0 Å². The molecule has 114 valence electrons. The highest BCUT2D eigenvalue weighted by atomic mass is 16.6. The summed E-state index contributed by atoms with van der Waals surface area (Å²) in [6.07, 6.45) is 2.84. The summed E-state index contributed by atoms with van der Waals surface area (Å²) in [4.78, 5) is 12.6. The van der Waals surface area contributed by atoms with E-state index in [2.05, 4.69) is 25.7 Å². The third-order valence-corrected chi connectivity index (χ3v) is 4.75. The first-order valence-corrected chi connectivity index (χ1v) is 7.55. The number of aliphatic hydroxyl groups is 1. The average Bonchev–Trinajstić information content (AvgIpc) is 2.73. The number of allylic oxidation sites excluding steroid dienone is 1. The van der Waals surface area contributed by atoms with Crippen molar-refractivity contribution in [2.75, 3.05) is 6.61 Å². The zero-order valence-corrected chi connectivity index (χ0v) is 12.8. The van der Waals surface area contributed by atoms with Crippen molar-refractivity contribution in [2.45, 2.75) is 58.8 Å². The van der Waals surface area contributed by atoms with Crippen molar-refractivity contribution < 1.29 is 14.6 Å². The van der Waals surface area contributed by atoms with Crippen LogP contribution in [0.4, 0.5) is 0 Å². The monoisotopic (exact) mass is 281 g/mol. The first kappa shape index (κ1) is 15.5. The van der Waals surface area contributed by atoms with Crippen molar-refractivity contribution in [2.24, 2.45) is 17.3 Å². The minimum atomic E-state index is -0.862. The molecule has 4 nitrogen and oxygen atoms in total. The summed E-state index contributed by atoms with van der Waals surface area (Å²) >= 11 is 0. The normalized spacial score (nSPS) is 36.6. The summed E-state index contributed by atoms with van der Waals surface area (Å²) in [5, 5.41) is 12.6. The minimum Gasteiger partial charge on any atom is -0.366 e. The average molecular weight is 281 g/mol. The number of carbonyl (C=O) groups is 1. The Bertz CT molecular complexity index is 391. The van der Waals surface area contributed by atoms with E-state index in [0.29, 0.717) is 13.0 Å². The van der Waals surface area contributed by atoms with Gasteiger partial charge in [0.25, 0.3) is 0 Å². The number of amides is 1. The molecule has 0 aromatic carbocycles. The maximum absolute atomic E-state index is 12.6. The highest BCUT2D eigenvalue weighted by Gasteiger charge is 2.40. The highest BCUT2D eigenvalue weighted by Crippen LogP contribution is 2.44. The zero-order valence-electron chi connectivity index (χ0n) is 12.8. The van der Waals surface area contributed by atoms with Gasteiger partial charge in [0.15, 0.2) is 6.29 Å². The first-order chi connectivity index (χ1) is 9.30. The molecule has 0 aromatic rings. The maximum atomic E-state index is 12.6. The standard InChI is InChI=1S/C16H27NO3/c1-10(2)11-5-7-16(3,4)9-12(11)14(18)17-13-6-8-20-15(13)19/h11-13,15,19H,1,5-9H2,2-4H3,(H,17,18). The van der Waals surface area contributed by atoms with Gasteiger partial charge in [-0.25, -0.2) is 0 Å². The molecule has 1 saturated heterocycles. The number of aliphatic hydroxyl groups excluding tert-OH is 1. The van der Waals surface area contributed by atoms with E-state index in [0.717, 1.165) is 24.8 Å². The van der Waals surface area contributed by atoms with Gasteiger partial charge < -0.3 is 15.2 Å². The first-order valence-electron chi connectivity index (χ1n) is 7.55. The van der Waals surface area contributed by atoms with Crippen molar-refractivity contribution in [1.29, 1.82) is 0 Å². The van der Waals surface area contributed by atoms with E-state index in [9.17, 15) is 9.90 Å². The second-order valence-electron chi connectivity index (χ2n) is 7.13. The molecule has 4 atom stereocenters. The van der Waals surface area contributed by atoms with Gasteiger partial charge in [0.2, 0.25) is 5.91 Å². The summed E-state index contributed by atoms with van der Waals surface area (Å²) in [5.41, 5.74) is 1.28. The van der Waals surface area contributed by atoms with Crippen molar-refractivity contribution >= 4 is 5.91 Å². The molecule has 4 unspecified atom stereocenters. The van der Waals surface area contributed by atoms with Crippen molar-refractivity contribution in [3.63, 3.8) is 0 Å². The third-order valence-electron chi connectivity index (χ3n) is 4.75. The Labute approximate surface area is 121 Å². The Morgan fingerprint density at radius 1 is 1.35 bits per heavy atom. The number of rotatable bonds is 3. The molecular formula is C16H27NO3. The van der Waals surface area contributed by atoms with Crippen molar-refractivity contribution in [3.05, 3.63) is 12.2 Å². The van der Waals surface area contributed by atoms with Gasteiger partial charge in [-0.2, -0.15) is 0 Å². The van der Waals surface area contributed by atoms with Gasteiger partial charge in [0, 0.05) is 5.92 Å². The molecule has 0 bridgehead atoms. The Morgan fingerprint density at radius 3 is 2.60 bits per heavy atom. The molecule has 4 heteroatoms. The Balaban J connectivity index is 2.05. The molecule has 0 aromatic heterocycles. The predicted molar refractivity (Wildman–Crippen MR) is 77.9 cm³/mol. The molecule has 2 rings (SSSR count). The lowest BCUT2D eigenvalue weighted by molar-refractivity contribution is -0.133. The van der Waals surface area contributed by atoms with Crippen LogP contribution in [0.1, 0.15) is 46.5 Å². The van der Waals surface area contributed by atoms with Crippen LogP contribution in [0.25, 0.3) is 0 Å². The van der Waals surface area contributed by atoms with E-state index in [1.54, 1.807) is 0 Å². The van der Waals surface area contributed by atoms with Gasteiger partial charge >= 0.3 is 0 Å². The summed E-state index contributed by atoms with van der Waals surface area (Å²) in [6.45, 7) is 11.0. The number of carbonyl (C=O) groups excluding carboxylic acids is 1.